The summed E-state index contributed by atoms with van der Waals surface area (Å²) in [4.78, 5) is 36.3. The number of amides is 1. The molecule has 2 aliphatic rings. The molecule has 5 rings (SSSR count). The van der Waals surface area contributed by atoms with E-state index in [1.807, 2.05) is 18.2 Å². The van der Waals surface area contributed by atoms with Crippen molar-refractivity contribution in [2.24, 2.45) is 0 Å². The summed E-state index contributed by atoms with van der Waals surface area (Å²) in [5.41, 5.74) is 3.48. The number of nitrogens with one attached hydrogen (secondary N) is 2. The van der Waals surface area contributed by atoms with Crippen molar-refractivity contribution in [3.8, 4) is 0 Å². The lowest BCUT2D eigenvalue weighted by Gasteiger charge is -2.37. The van der Waals surface area contributed by atoms with Crippen molar-refractivity contribution in [2.75, 3.05) is 38.1 Å². The Morgan fingerprint density at radius 3 is 2.74 bits per heavy atom. The third-order valence-corrected chi connectivity index (χ3v) is 6.77. The Hall–Kier alpha value is -3.13. The van der Waals surface area contributed by atoms with Crippen LogP contribution in [-0.2, 0) is 0 Å². The third-order valence-electron chi connectivity index (χ3n) is 6.77. The summed E-state index contributed by atoms with van der Waals surface area (Å²) >= 11 is 0. The van der Waals surface area contributed by atoms with E-state index in [0.717, 1.165) is 62.3 Å². The number of carbonyl (C=O) groups excluding carboxylic acids is 1. The van der Waals surface area contributed by atoms with E-state index in [1.54, 1.807) is 29.9 Å². The van der Waals surface area contributed by atoms with E-state index in [1.165, 1.54) is 0 Å². The third kappa shape index (κ3) is 3.83. The van der Waals surface area contributed by atoms with Crippen LogP contribution in [0.5, 0.6) is 0 Å². The first-order valence-corrected chi connectivity index (χ1v) is 11.0. The van der Waals surface area contributed by atoms with Crippen molar-refractivity contribution in [2.45, 2.75) is 31.2 Å². The number of aromatic nitrogens is 3. The Kier molecular flexibility index (Phi) is 5.23. The lowest BCUT2D eigenvalue weighted by Crippen LogP contribution is -2.44. The highest BCUT2D eigenvalue weighted by Crippen LogP contribution is 2.31. The van der Waals surface area contributed by atoms with Crippen molar-refractivity contribution in [3.63, 3.8) is 0 Å². The number of pyridine rings is 1. The monoisotopic (exact) mass is 420 g/mol. The Morgan fingerprint density at radius 1 is 1.16 bits per heavy atom. The maximum atomic E-state index is 12.3. The van der Waals surface area contributed by atoms with Gasteiger partial charge in [-0.3, -0.25) is 14.1 Å². The Balaban J connectivity index is 1.19. The summed E-state index contributed by atoms with van der Waals surface area (Å²) in [6.45, 7) is 4.05. The van der Waals surface area contributed by atoms with Gasteiger partial charge in [0.15, 0.2) is 0 Å². The van der Waals surface area contributed by atoms with Gasteiger partial charge < -0.3 is 15.2 Å². The van der Waals surface area contributed by atoms with E-state index in [2.05, 4.69) is 31.2 Å². The highest BCUT2D eigenvalue weighted by atomic mass is 16.2. The second kappa shape index (κ2) is 8.19. The second-order valence-electron chi connectivity index (χ2n) is 8.51. The fourth-order valence-electron chi connectivity index (χ4n) is 4.99. The first-order chi connectivity index (χ1) is 15.1. The molecule has 0 unspecified atom stereocenters. The molecule has 2 fully saturated rings. The molecule has 8 nitrogen and oxygen atoms in total. The molecule has 0 radical (unpaired) electrons. The Morgan fingerprint density at radius 2 is 2.00 bits per heavy atom. The number of carbonyl (C=O) groups is 1. The van der Waals surface area contributed by atoms with Crippen LogP contribution in [0.4, 0.5) is 5.69 Å². The van der Waals surface area contributed by atoms with Crippen LogP contribution in [0, 0.1) is 0 Å². The molecule has 1 amide bonds. The van der Waals surface area contributed by atoms with Crippen LogP contribution >= 0.6 is 0 Å². The summed E-state index contributed by atoms with van der Waals surface area (Å²) in [6.07, 6.45) is 6.90. The van der Waals surface area contributed by atoms with E-state index in [-0.39, 0.29) is 11.6 Å². The molecule has 2 saturated heterocycles. The minimum atomic E-state index is -0.161. The molecule has 2 aliphatic heterocycles. The van der Waals surface area contributed by atoms with Crippen LogP contribution < -0.4 is 15.9 Å². The number of nitrogens with zero attached hydrogens (tertiary/aromatic N) is 4. The van der Waals surface area contributed by atoms with E-state index >= 15 is 0 Å². The molecule has 8 heteroatoms. The first-order valence-electron chi connectivity index (χ1n) is 11.0. The fraction of sp³-hybridized carbons (Fsp3) is 0.435. The zero-order chi connectivity index (χ0) is 21.4. The second-order valence-corrected chi connectivity index (χ2v) is 8.51. The van der Waals surface area contributed by atoms with Gasteiger partial charge in [-0.15, -0.1) is 0 Å². The van der Waals surface area contributed by atoms with Gasteiger partial charge in [-0.25, -0.2) is 9.78 Å². The molecule has 5 heterocycles. The smallest absolute Gasteiger partial charge is 0.330 e. The first kappa shape index (κ1) is 19.8. The minimum Gasteiger partial charge on any atom is -0.370 e. The minimum absolute atomic E-state index is 0.0553. The Labute approximate surface area is 180 Å². The van der Waals surface area contributed by atoms with E-state index in [0.29, 0.717) is 17.7 Å². The SMILES string of the molecule is CNC(=O)c1ccc(N2CCC(N3CC[C@@H](c4cc5cccn5c(=O)[nH]4)C3)CC2)cn1. The standard InChI is InChI=1S/C23H28N6O2/c1-24-22(30)20-5-4-19(14-25-20)27-11-7-17(8-12-27)28-10-6-16(15-28)21-13-18-3-2-9-29(18)23(31)26-21/h2-5,9,13-14,16-17H,6-8,10-12,15H2,1H3,(H,24,30)(H,26,31)/t16-/m1/s1. The predicted molar refractivity (Wildman–Crippen MR) is 120 cm³/mol. The molecule has 162 valence electrons. The zero-order valence-electron chi connectivity index (χ0n) is 17.8. The molecule has 0 bridgehead atoms. The molecule has 2 N–H and O–H groups in total. The van der Waals surface area contributed by atoms with Gasteiger partial charge in [0, 0.05) is 50.5 Å². The zero-order valence-corrected chi connectivity index (χ0v) is 17.8. The van der Waals surface area contributed by atoms with Gasteiger partial charge in [0.25, 0.3) is 5.91 Å². The van der Waals surface area contributed by atoms with Crippen molar-refractivity contribution < 1.29 is 4.79 Å². The summed E-state index contributed by atoms with van der Waals surface area (Å²) in [5.74, 6) is 0.221. The van der Waals surface area contributed by atoms with E-state index < -0.39 is 0 Å². The van der Waals surface area contributed by atoms with Crippen molar-refractivity contribution in [3.05, 3.63) is 64.6 Å². The van der Waals surface area contributed by atoms with Gasteiger partial charge in [0.1, 0.15) is 5.69 Å². The highest BCUT2D eigenvalue weighted by Gasteiger charge is 2.32. The van der Waals surface area contributed by atoms with Crippen LogP contribution in [0.3, 0.4) is 0 Å². The topological polar surface area (TPSA) is 85.7 Å². The van der Waals surface area contributed by atoms with Gasteiger partial charge in [0.05, 0.1) is 17.4 Å². The van der Waals surface area contributed by atoms with Crippen LogP contribution in [0.2, 0.25) is 0 Å². The van der Waals surface area contributed by atoms with Crippen molar-refractivity contribution in [1.82, 2.24) is 24.6 Å². The molecule has 31 heavy (non-hydrogen) atoms. The number of anilines is 1. The van der Waals surface area contributed by atoms with Crippen LogP contribution in [-0.4, -0.2) is 64.4 Å². The van der Waals surface area contributed by atoms with E-state index in [9.17, 15) is 9.59 Å². The highest BCUT2D eigenvalue weighted by molar-refractivity contribution is 5.92. The lowest BCUT2D eigenvalue weighted by atomic mass is 10.0. The molecule has 0 aromatic carbocycles. The molecular formula is C23H28N6O2. The maximum Gasteiger partial charge on any atom is 0.330 e. The number of aromatic amines is 1. The molecule has 1 atom stereocenters. The number of hydrogen-bond donors (Lipinski definition) is 2. The van der Waals surface area contributed by atoms with Gasteiger partial charge in [-0.05, 0) is 56.1 Å². The number of rotatable bonds is 4. The number of H-pyrrole nitrogens is 1. The number of hydrogen-bond acceptors (Lipinski definition) is 5. The molecule has 3 aromatic rings. The van der Waals surface area contributed by atoms with Gasteiger partial charge in [-0.2, -0.15) is 0 Å². The van der Waals surface area contributed by atoms with E-state index in [4.69, 9.17) is 0 Å². The van der Waals surface area contributed by atoms with Crippen LogP contribution in [0.25, 0.3) is 5.52 Å². The molecular weight excluding hydrogens is 392 g/mol. The average Bonchev–Trinajstić information content (AvgIpc) is 3.49. The number of piperidine rings is 1. The van der Waals surface area contributed by atoms with Gasteiger partial charge in [-0.1, -0.05) is 0 Å². The largest absolute Gasteiger partial charge is 0.370 e. The predicted octanol–water partition coefficient (Wildman–Crippen LogP) is 1.84. The van der Waals surface area contributed by atoms with Crippen LogP contribution in [0.15, 0.2) is 47.5 Å². The number of likely N-dealkylation sites (tertiary alicyclic amines) is 1. The van der Waals surface area contributed by atoms with Crippen LogP contribution in [0.1, 0.15) is 41.4 Å². The fourth-order valence-corrected chi connectivity index (χ4v) is 4.99. The maximum absolute atomic E-state index is 12.3. The summed E-state index contributed by atoms with van der Waals surface area (Å²) in [7, 11) is 1.61. The van der Waals surface area contributed by atoms with Crippen molar-refractivity contribution in [1.29, 1.82) is 0 Å². The summed E-state index contributed by atoms with van der Waals surface area (Å²) in [5, 5.41) is 2.60. The quantitative estimate of drug-likeness (QED) is 0.673. The Bertz CT molecular complexity index is 1130. The molecule has 0 saturated carbocycles. The lowest BCUT2D eigenvalue weighted by molar-refractivity contribution is 0.0958. The molecule has 0 spiro atoms. The number of fused-ring (bicyclic) bond motifs is 1. The van der Waals surface area contributed by atoms with Crippen molar-refractivity contribution >= 4 is 17.1 Å². The van der Waals surface area contributed by atoms with Gasteiger partial charge in [0.2, 0.25) is 0 Å². The normalized spacial score (nSPS) is 20.4. The molecule has 3 aromatic heterocycles. The summed E-state index contributed by atoms with van der Waals surface area (Å²) in [6, 6.07) is 10.4. The van der Waals surface area contributed by atoms with Gasteiger partial charge >= 0.3 is 5.69 Å². The summed E-state index contributed by atoms with van der Waals surface area (Å²) < 4.78 is 1.65. The molecule has 0 aliphatic carbocycles. The average molecular weight is 421 g/mol.